The molecule has 5 rings (SSSR count). The van der Waals surface area contributed by atoms with Crippen LogP contribution in [0.25, 0.3) is 0 Å². The summed E-state index contributed by atoms with van der Waals surface area (Å²) in [5.41, 5.74) is 1.77. The Hall–Kier alpha value is -3.59. The molecule has 1 saturated heterocycles. The van der Waals surface area contributed by atoms with Crippen LogP contribution in [0.3, 0.4) is 0 Å². The molecule has 0 saturated carbocycles. The fourth-order valence-corrected chi connectivity index (χ4v) is 6.02. The minimum absolute atomic E-state index is 0.0354. The van der Waals surface area contributed by atoms with Gasteiger partial charge in [0.2, 0.25) is 11.8 Å². The Kier molecular flexibility index (Phi) is 5.67. The van der Waals surface area contributed by atoms with Gasteiger partial charge in [0, 0.05) is 29.7 Å². The number of carbonyl (C=O) groups is 5. The number of aliphatic carboxylic acids is 1. The summed E-state index contributed by atoms with van der Waals surface area (Å²) in [6, 6.07) is 3.27. The first kappa shape index (κ1) is 23.2. The number of aliphatic hydroxyl groups is 1. The number of fused-ring (bicyclic) bond motifs is 3. The Morgan fingerprint density at radius 1 is 1.14 bits per heavy atom. The molecule has 1 aromatic rings. The third-order valence-corrected chi connectivity index (χ3v) is 7.55. The number of aliphatic hydroxyl groups excluding tert-OH is 1. The van der Waals surface area contributed by atoms with Crippen LogP contribution < -0.4 is 0 Å². The lowest BCUT2D eigenvalue weighted by Crippen LogP contribution is -2.39. The number of nitrogens with zero attached hydrogens (tertiary/aromatic N) is 1. The fourth-order valence-electron chi connectivity index (χ4n) is 6.02. The summed E-state index contributed by atoms with van der Waals surface area (Å²) in [7, 11) is 0. The lowest BCUT2D eigenvalue weighted by molar-refractivity contribution is -0.142. The third kappa shape index (κ3) is 3.61. The highest BCUT2D eigenvalue weighted by Gasteiger charge is 2.56. The summed E-state index contributed by atoms with van der Waals surface area (Å²) in [4.78, 5) is 64.8. The van der Waals surface area contributed by atoms with Gasteiger partial charge >= 0.3 is 5.97 Å². The number of allylic oxidation sites excluding steroid dienone is 6. The van der Waals surface area contributed by atoms with Gasteiger partial charge in [0.05, 0.1) is 17.8 Å². The number of hydrogen-bond acceptors (Lipinski definition) is 7. The smallest absolute Gasteiger partial charge is 0.303 e. The Balaban J connectivity index is 1.56. The number of rotatable bonds is 6. The summed E-state index contributed by atoms with van der Waals surface area (Å²) in [6.07, 6.45) is 3.71. The molecule has 2 N–H and O–H groups in total. The second-order valence-electron chi connectivity index (χ2n) is 9.52. The SMILES string of the molecule is CC1=CC(=O)C2=C(C[C@@H]3C(=CC[C@@H]4C(=O)N(CCCC(=O)O)C(=O)[C@@H]43)[C@@H]2c2ccc(CO)o2)C1=O. The minimum Gasteiger partial charge on any atom is -0.481 e. The van der Waals surface area contributed by atoms with Crippen LogP contribution in [0.4, 0.5) is 0 Å². The maximum atomic E-state index is 13.4. The molecule has 35 heavy (non-hydrogen) atoms. The summed E-state index contributed by atoms with van der Waals surface area (Å²) >= 11 is 0. The normalized spacial score (nSPS) is 28.0. The molecule has 4 aliphatic rings. The molecule has 0 radical (unpaired) electrons. The van der Waals surface area contributed by atoms with Gasteiger partial charge in [0.15, 0.2) is 11.6 Å². The monoisotopic (exact) mass is 479 g/mol. The van der Waals surface area contributed by atoms with Crippen molar-refractivity contribution < 1.29 is 38.6 Å². The summed E-state index contributed by atoms with van der Waals surface area (Å²) in [6.45, 7) is 1.29. The first-order valence-corrected chi connectivity index (χ1v) is 11.7. The van der Waals surface area contributed by atoms with E-state index in [-0.39, 0.29) is 55.8 Å². The van der Waals surface area contributed by atoms with Crippen molar-refractivity contribution in [3.05, 3.63) is 58.1 Å². The zero-order chi connectivity index (χ0) is 25.0. The number of carboxylic acids is 1. The number of hydrogen-bond donors (Lipinski definition) is 2. The van der Waals surface area contributed by atoms with Crippen LogP contribution in [0, 0.1) is 17.8 Å². The van der Waals surface area contributed by atoms with Crippen molar-refractivity contribution >= 4 is 29.4 Å². The molecular formula is C26H25NO8. The van der Waals surface area contributed by atoms with Crippen molar-refractivity contribution in [2.45, 2.75) is 45.1 Å². The zero-order valence-electron chi connectivity index (χ0n) is 19.2. The first-order chi connectivity index (χ1) is 16.7. The van der Waals surface area contributed by atoms with Crippen LogP contribution in [-0.2, 0) is 30.6 Å². The highest BCUT2D eigenvalue weighted by Crippen LogP contribution is 2.55. The van der Waals surface area contributed by atoms with E-state index in [4.69, 9.17) is 9.52 Å². The maximum absolute atomic E-state index is 13.4. The molecular weight excluding hydrogens is 454 g/mol. The molecule has 1 aromatic heterocycles. The van der Waals surface area contributed by atoms with Gasteiger partial charge in [-0.1, -0.05) is 11.6 Å². The number of likely N-dealkylation sites (tertiary alicyclic amines) is 1. The number of ketones is 2. The Labute approximate surface area is 200 Å². The first-order valence-electron chi connectivity index (χ1n) is 11.7. The topological polar surface area (TPSA) is 142 Å². The quantitative estimate of drug-likeness (QED) is 0.359. The Bertz CT molecular complexity index is 1260. The Morgan fingerprint density at radius 2 is 1.91 bits per heavy atom. The second-order valence-corrected chi connectivity index (χ2v) is 9.52. The van der Waals surface area contributed by atoms with Gasteiger partial charge in [0.1, 0.15) is 18.1 Å². The number of carboxylic acid groups (broad SMARTS) is 1. The van der Waals surface area contributed by atoms with Gasteiger partial charge in [-0.3, -0.25) is 28.9 Å². The van der Waals surface area contributed by atoms with E-state index in [2.05, 4.69) is 0 Å². The van der Waals surface area contributed by atoms with Crippen molar-refractivity contribution in [3.8, 4) is 0 Å². The largest absolute Gasteiger partial charge is 0.481 e. The molecule has 9 nitrogen and oxygen atoms in total. The molecule has 182 valence electrons. The van der Waals surface area contributed by atoms with E-state index in [0.29, 0.717) is 34.7 Å². The van der Waals surface area contributed by atoms with E-state index < -0.39 is 29.6 Å². The highest BCUT2D eigenvalue weighted by atomic mass is 16.4. The zero-order valence-corrected chi connectivity index (χ0v) is 19.2. The van der Waals surface area contributed by atoms with Gasteiger partial charge in [0.25, 0.3) is 0 Å². The second kappa shape index (κ2) is 8.57. The molecule has 0 aromatic carbocycles. The molecule has 0 unspecified atom stereocenters. The number of furan rings is 1. The van der Waals surface area contributed by atoms with E-state index in [9.17, 15) is 29.1 Å². The molecule has 3 aliphatic carbocycles. The van der Waals surface area contributed by atoms with Crippen molar-refractivity contribution in [1.29, 1.82) is 0 Å². The van der Waals surface area contributed by atoms with E-state index in [1.54, 1.807) is 19.1 Å². The van der Waals surface area contributed by atoms with Crippen molar-refractivity contribution in [3.63, 3.8) is 0 Å². The summed E-state index contributed by atoms with van der Waals surface area (Å²) in [5, 5.41) is 18.4. The maximum Gasteiger partial charge on any atom is 0.303 e. The average molecular weight is 479 g/mol. The number of imide groups is 1. The van der Waals surface area contributed by atoms with Crippen LogP contribution >= 0.6 is 0 Å². The Morgan fingerprint density at radius 3 is 2.60 bits per heavy atom. The molecule has 0 spiro atoms. The number of carbonyl (C=O) groups excluding carboxylic acids is 4. The fraction of sp³-hybridized carbons (Fsp3) is 0.423. The van der Waals surface area contributed by atoms with Crippen LogP contribution in [0.5, 0.6) is 0 Å². The lowest BCUT2D eigenvalue weighted by atomic mass is 9.60. The lowest BCUT2D eigenvalue weighted by Gasteiger charge is -2.41. The van der Waals surface area contributed by atoms with E-state index in [1.165, 1.54) is 6.08 Å². The van der Waals surface area contributed by atoms with Crippen LogP contribution in [-0.4, -0.2) is 51.0 Å². The predicted molar refractivity (Wildman–Crippen MR) is 120 cm³/mol. The van der Waals surface area contributed by atoms with Gasteiger partial charge in [-0.05, 0) is 50.3 Å². The molecule has 2 amide bonds. The summed E-state index contributed by atoms with van der Waals surface area (Å²) in [5.74, 6) is -3.92. The molecule has 4 atom stereocenters. The standard InChI is InChI=1S/C26H25NO8/c1-12-9-18(29)22-17(24(12)32)10-16-14(23(22)19-7-4-13(11-28)35-19)5-6-15-21(16)26(34)27(25(15)33)8-2-3-20(30)31/h4-5,7,9,15-16,21,23,28H,2-3,6,8,10-11H2,1H3,(H,30,31)/t15-,16+,21-,23+/m0/s1. The minimum atomic E-state index is -0.996. The third-order valence-electron chi connectivity index (χ3n) is 7.55. The predicted octanol–water partition coefficient (Wildman–Crippen LogP) is 2.07. The van der Waals surface area contributed by atoms with E-state index in [0.717, 1.165) is 10.5 Å². The highest BCUT2D eigenvalue weighted by molar-refractivity contribution is 6.23. The van der Waals surface area contributed by atoms with Crippen LogP contribution in [0.1, 0.15) is 50.0 Å². The van der Waals surface area contributed by atoms with E-state index >= 15 is 0 Å². The van der Waals surface area contributed by atoms with Gasteiger partial charge in [-0.15, -0.1) is 0 Å². The molecule has 1 aliphatic heterocycles. The van der Waals surface area contributed by atoms with E-state index in [1.807, 2.05) is 6.08 Å². The summed E-state index contributed by atoms with van der Waals surface area (Å²) < 4.78 is 5.81. The van der Waals surface area contributed by atoms with Crippen LogP contribution in [0.15, 0.2) is 51.0 Å². The van der Waals surface area contributed by atoms with Crippen LogP contribution in [0.2, 0.25) is 0 Å². The van der Waals surface area contributed by atoms with Crippen molar-refractivity contribution in [2.75, 3.05) is 6.54 Å². The molecule has 2 heterocycles. The van der Waals surface area contributed by atoms with Crippen molar-refractivity contribution in [2.24, 2.45) is 17.8 Å². The molecule has 9 heteroatoms. The number of amides is 2. The average Bonchev–Trinajstić information content (AvgIpc) is 3.39. The van der Waals surface area contributed by atoms with Gasteiger partial charge < -0.3 is 14.6 Å². The van der Waals surface area contributed by atoms with Crippen molar-refractivity contribution in [1.82, 2.24) is 4.90 Å². The van der Waals surface area contributed by atoms with Gasteiger partial charge in [-0.25, -0.2) is 0 Å². The number of Topliss-reactive ketones (excluding diaryl/α,β-unsaturated/α-hetero) is 1. The van der Waals surface area contributed by atoms with Gasteiger partial charge in [-0.2, -0.15) is 0 Å². The molecule has 1 fully saturated rings. The molecule has 0 bridgehead atoms.